The molecule has 1 fully saturated rings. The second-order valence-corrected chi connectivity index (χ2v) is 9.77. The van der Waals surface area contributed by atoms with Crippen molar-refractivity contribution in [3.63, 3.8) is 0 Å². The van der Waals surface area contributed by atoms with Crippen LogP contribution in [-0.2, 0) is 4.79 Å². The van der Waals surface area contributed by atoms with Crippen molar-refractivity contribution in [2.45, 2.75) is 26.8 Å². The highest BCUT2D eigenvalue weighted by molar-refractivity contribution is 7.13. The molecule has 1 atom stereocenters. The molecule has 3 aromatic heterocycles. The van der Waals surface area contributed by atoms with Gasteiger partial charge in [-0.2, -0.15) is 0 Å². The van der Waals surface area contributed by atoms with E-state index >= 15 is 0 Å². The fourth-order valence-corrected chi connectivity index (χ4v) is 4.99. The van der Waals surface area contributed by atoms with E-state index in [1.165, 1.54) is 22.6 Å². The number of hydrogen-bond acceptors (Lipinski definition) is 8. The molecule has 5 rings (SSSR count). The zero-order valence-electron chi connectivity index (χ0n) is 20.1. The Morgan fingerprint density at radius 3 is 2.77 bits per heavy atom. The number of nitrogens with one attached hydrogen (secondary N) is 1. The molecule has 4 heterocycles. The molecule has 35 heavy (non-hydrogen) atoms. The van der Waals surface area contributed by atoms with Gasteiger partial charge < -0.3 is 14.6 Å². The number of carbonyl (C=O) groups is 1. The van der Waals surface area contributed by atoms with Crippen molar-refractivity contribution in [1.82, 2.24) is 19.9 Å². The molecule has 1 saturated heterocycles. The minimum atomic E-state index is -0.105. The number of hydrogen-bond donors (Lipinski definition) is 1. The van der Waals surface area contributed by atoms with Crippen LogP contribution < -0.4 is 10.2 Å². The Balaban J connectivity index is 1.28. The highest BCUT2D eigenvalue weighted by Gasteiger charge is 2.25. The van der Waals surface area contributed by atoms with Gasteiger partial charge in [0.25, 0.3) is 0 Å². The van der Waals surface area contributed by atoms with Gasteiger partial charge in [-0.3, -0.25) is 9.69 Å². The largest absolute Gasteiger partial charge is 0.458 e. The first kappa shape index (κ1) is 23.2. The van der Waals surface area contributed by atoms with Crippen molar-refractivity contribution in [3.05, 3.63) is 65.4 Å². The lowest BCUT2D eigenvalue weighted by molar-refractivity contribution is -0.117. The van der Waals surface area contributed by atoms with Gasteiger partial charge in [0.1, 0.15) is 22.3 Å². The summed E-state index contributed by atoms with van der Waals surface area (Å²) in [5.74, 6) is 2.07. The molecule has 0 aliphatic carbocycles. The molecule has 8 nitrogen and oxygen atoms in total. The minimum absolute atomic E-state index is 0.105. The molecule has 1 aromatic carbocycles. The van der Waals surface area contributed by atoms with Gasteiger partial charge in [0.05, 0.1) is 6.54 Å². The van der Waals surface area contributed by atoms with Crippen LogP contribution >= 0.6 is 11.3 Å². The number of carbonyl (C=O) groups excluding carboxylic acids is 1. The van der Waals surface area contributed by atoms with E-state index in [0.29, 0.717) is 35.7 Å². The van der Waals surface area contributed by atoms with Crippen molar-refractivity contribution in [2.24, 2.45) is 0 Å². The summed E-state index contributed by atoms with van der Waals surface area (Å²) in [6.45, 7) is 8.99. The van der Waals surface area contributed by atoms with Crippen LogP contribution in [0.2, 0.25) is 0 Å². The van der Waals surface area contributed by atoms with E-state index in [9.17, 15) is 4.79 Å². The maximum Gasteiger partial charge on any atom is 0.239 e. The summed E-state index contributed by atoms with van der Waals surface area (Å²) in [6, 6.07) is 14.3. The predicted molar refractivity (Wildman–Crippen MR) is 139 cm³/mol. The average Bonchev–Trinajstić information content (AvgIpc) is 3.51. The Morgan fingerprint density at radius 1 is 1.17 bits per heavy atom. The fourth-order valence-electron chi connectivity index (χ4n) is 4.39. The number of furan rings is 1. The molecule has 1 amide bonds. The number of thiazole rings is 1. The van der Waals surface area contributed by atoms with Crippen LogP contribution in [0.4, 0.5) is 11.5 Å². The first-order valence-electron chi connectivity index (χ1n) is 11.7. The Kier molecular flexibility index (Phi) is 6.61. The molecule has 1 unspecified atom stereocenters. The molecule has 0 spiro atoms. The number of aromatic nitrogens is 3. The summed E-state index contributed by atoms with van der Waals surface area (Å²) < 4.78 is 5.72. The van der Waals surface area contributed by atoms with E-state index in [1.54, 1.807) is 12.3 Å². The number of benzene rings is 1. The standard InChI is InChI=1S/C26H28N6O2S/c1-17-5-4-6-20(13-17)32-11-10-31(15-18(32)2)16-24(33)29-23-14-21(26-27-9-12-35-26)28-25(30-23)22-8-7-19(3)34-22/h4-9,12-14,18H,10-11,15-16H2,1-3H3,(H,28,29,30,33). The van der Waals surface area contributed by atoms with E-state index in [-0.39, 0.29) is 5.91 Å². The minimum Gasteiger partial charge on any atom is -0.458 e. The van der Waals surface area contributed by atoms with E-state index in [4.69, 9.17) is 4.42 Å². The quantitative estimate of drug-likeness (QED) is 0.423. The number of nitrogens with zero attached hydrogens (tertiary/aromatic N) is 5. The zero-order chi connectivity index (χ0) is 24.4. The Hall–Kier alpha value is -3.56. The van der Waals surface area contributed by atoms with E-state index in [1.807, 2.05) is 24.4 Å². The van der Waals surface area contributed by atoms with Crippen molar-refractivity contribution in [3.8, 4) is 22.3 Å². The van der Waals surface area contributed by atoms with E-state index < -0.39 is 0 Å². The number of aryl methyl sites for hydroxylation is 2. The third-order valence-electron chi connectivity index (χ3n) is 6.02. The molecular formula is C26H28N6O2S. The lowest BCUT2D eigenvalue weighted by Crippen LogP contribution is -2.53. The van der Waals surface area contributed by atoms with Crippen LogP contribution in [0.15, 0.2) is 58.5 Å². The summed E-state index contributed by atoms with van der Waals surface area (Å²) >= 11 is 1.48. The van der Waals surface area contributed by atoms with Crippen LogP contribution in [0.5, 0.6) is 0 Å². The van der Waals surface area contributed by atoms with Crippen LogP contribution in [0, 0.1) is 13.8 Å². The number of amides is 1. The van der Waals surface area contributed by atoms with Crippen molar-refractivity contribution in [1.29, 1.82) is 0 Å². The Morgan fingerprint density at radius 2 is 2.06 bits per heavy atom. The Labute approximate surface area is 208 Å². The SMILES string of the molecule is Cc1cccc(N2CCN(CC(=O)Nc3cc(-c4nccs4)nc(-c4ccc(C)o4)n3)CC2C)c1. The van der Waals surface area contributed by atoms with Gasteiger partial charge in [0.2, 0.25) is 5.91 Å². The first-order valence-corrected chi connectivity index (χ1v) is 12.5. The lowest BCUT2D eigenvalue weighted by atomic mass is 10.1. The highest BCUT2D eigenvalue weighted by atomic mass is 32.1. The molecule has 0 radical (unpaired) electrons. The van der Waals surface area contributed by atoms with Crippen LogP contribution in [0.1, 0.15) is 18.2 Å². The third-order valence-corrected chi connectivity index (χ3v) is 6.81. The monoisotopic (exact) mass is 488 g/mol. The van der Waals surface area contributed by atoms with Gasteiger partial charge in [0.15, 0.2) is 11.6 Å². The second kappa shape index (κ2) is 9.97. The molecule has 0 saturated carbocycles. The maximum atomic E-state index is 13.0. The lowest BCUT2D eigenvalue weighted by Gasteiger charge is -2.41. The third kappa shape index (κ3) is 5.41. The molecule has 0 bridgehead atoms. The zero-order valence-corrected chi connectivity index (χ0v) is 20.9. The number of rotatable bonds is 6. The molecular weight excluding hydrogens is 460 g/mol. The topological polar surface area (TPSA) is 87.4 Å². The van der Waals surface area contributed by atoms with Gasteiger partial charge >= 0.3 is 0 Å². The average molecular weight is 489 g/mol. The van der Waals surface area contributed by atoms with Gasteiger partial charge in [-0.1, -0.05) is 12.1 Å². The second-order valence-electron chi connectivity index (χ2n) is 8.87. The van der Waals surface area contributed by atoms with Crippen LogP contribution in [-0.4, -0.2) is 58.0 Å². The van der Waals surface area contributed by atoms with Gasteiger partial charge in [0, 0.05) is 49.0 Å². The normalized spacial score (nSPS) is 16.4. The maximum absolute atomic E-state index is 13.0. The number of anilines is 2. The fraction of sp³-hybridized carbons (Fsp3) is 0.308. The summed E-state index contributed by atoms with van der Waals surface area (Å²) in [6.07, 6.45) is 1.73. The molecule has 9 heteroatoms. The van der Waals surface area contributed by atoms with Crippen molar-refractivity contribution in [2.75, 3.05) is 36.4 Å². The van der Waals surface area contributed by atoms with Crippen LogP contribution in [0.3, 0.4) is 0 Å². The highest BCUT2D eigenvalue weighted by Crippen LogP contribution is 2.27. The molecule has 4 aromatic rings. The van der Waals surface area contributed by atoms with Crippen LogP contribution in [0.25, 0.3) is 22.3 Å². The van der Waals surface area contributed by atoms with Crippen molar-refractivity contribution < 1.29 is 9.21 Å². The van der Waals surface area contributed by atoms with Gasteiger partial charge in [-0.15, -0.1) is 11.3 Å². The van der Waals surface area contributed by atoms with Gasteiger partial charge in [-0.05, 0) is 50.6 Å². The molecule has 180 valence electrons. The molecule has 1 aliphatic rings. The summed E-state index contributed by atoms with van der Waals surface area (Å²) in [7, 11) is 0. The smallest absolute Gasteiger partial charge is 0.239 e. The van der Waals surface area contributed by atoms with Crippen molar-refractivity contribution >= 4 is 28.7 Å². The van der Waals surface area contributed by atoms with Gasteiger partial charge in [-0.25, -0.2) is 15.0 Å². The van der Waals surface area contributed by atoms with E-state index in [2.05, 4.69) is 68.2 Å². The molecule has 1 N–H and O–H groups in total. The molecule has 1 aliphatic heterocycles. The van der Waals surface area contributed by atoms with E-state index in [0.717, 1.165) is 30.4 Å². The summed E-state index contributed by atoms with van der Waals surface area (Å²) in [5, 5.41) is 5.61. The summed E-state index contributed by atoms with van der Waals surface area (Å²) in [5.41, 5.74) is 3.13. The summed E-state index contributed by atoms with van der Waals surface area (Å²) in [4.78, 5) is 31.1. The Bertz CT molecular complexity index is 1320. The first-order chi connectivity index (χ1) is 16.9. The predicted octanol–water partition coefficient (Wildman–Crippen LogP) is 4.63. The number of piperazine rings is 1.